The summed E-state index contributed by atoms with van der Waals surface area (Å²) >= 11 is 7.78. The lowest BCUT2D eigenvalue weighted by atomic mass is 10.1. The average molecular weight is 397 g/mol. The monoisotopic (exact) mass is 396 g/mol. The molecule has 0 saturated heterocycles. The molecule has 4 nitrogen and oxygen atoms in total. The maximum Gasteiger partial charge on any atom is 0.268 e. The predicted molar refractivity (Wildman–Crippen MR) is 111 cm³/mol. The Balaban J connectivity index is 1.68. The summed E-state index contributed by atoms with van der Waals surface area (Å²) in [5.41, 5.74) is 3.28. The molecule has 1 amide bonds. The quantitative estimate of drug-likeness (QED) is 0.468. The highest BCUT2D eigenvalue weighted by Gasteiger charge is 2.20. The number of ether oxygens (including phenoxy) is 1. The van der Waals surface area contributed by atoms with Gasteiger partial charge in [0.1, 0.15) is 11.4 Å². The lowest BCUT2D eigenvalue weighted by Crippen LogP contribution is -2.23. The molecular weight excluding hydrogens is 380 g/mol. The number of nitrogens with one attached hydrogen (secondary N) is 2. The van der Waals surface area contributed by atoms with Gasteiger partial charge < -0.3 is 15.0 Å². The van der Waals surface area contributed by atoms with Crippen molar-refractivity contribution in [3.05, 3.63) is 76.3 Å². The highest BCUT2D eigenvalue weighted by molar-refractivity contribution is 7.13. The number of carbonyl (C=O) groups excluding carboxylic acids is 1. The van der Waals surface area contributed by atoms with Crippen LogP contribution >= 0.6 is 22.9 Å². The van der Waals surface area contributed by atoms with Crippen LogP contribution in [0.25, 0.3) is 21.3 Å². The molecule has 2 aromatic carbocycles. The Bertz CT molecular complexity index is 1100. The van der Waals surface area contributed by atoms with Crippen molar-refractivity contribution in [1.29, 1.82) is 0 Å². The summed E-state index contributed by atoms with van der Waals surface area (Å²) in [7, 11) is 1.63. The highest BCUT2D eigenvalue weighted by Crippen LogP contribution is 2.36. The zero-order chi connectivity index (χ0) is 18.8. The van der Waals surface area contributed by atoms with E-state index >= 15 is 0 Å². The minimum Gasteiger partial charge on any atom is -0.497 e. The Labute approximate surface area is 165 Å². The van der Waals surface area contributed by atoms with Gasteiger partial charge in [-0.05, 0) is 47.3 Å². The Morgan fingerprint density at radius 3 is 2.85 bits per heavy atom. The molecule has 0 aliphatic heterocycles. The van der Waals surface area contributed by atoms with E-state index in [2.05, 4.69) is 10.3 Å². The molecule has 6 heteroatoms. The van der Waals surface area contributed by atoms with Crippen molar-refractivity contribution < 1.29 is 9.53 Å². The fourth-order valence-corrected chi connectivity index (χ4v) is 4.03. The molecule has 0 spiro atoms. The number of H-pyrrole nitrogens is 1. The third-order valence-corrected chi connectivity index (χ3v) is 5.46. The summed E-state index contributed by atoms with van der Waals surface area (Å²) in [6.07, 6.45) is 0. The van der Waals surface area contributed by atoms with Gasteiger partial charge >= 0.3 is 0 Å². The van der Waals surface area contributed by atoms with Crippen molar-refractivity contribution in [3.8, 4) is 16.2 Å². The third kappa shape index (κ3) is 3.56. The molecule has 0 saturated carbocycles. The molecular formula is C21H17ClN2O2S. The SMILES string of the molecule is COc1cccc(CNC(=O)c2[nH]c3ccc(Cl)cc3c2-c2cccs2)c1. The standard InChI is InChI=1S/C21H17ClN2O2S/c1-26-15-5-2-4-13(10-15)12-23-21(25)20-19(18-6-3-9-27-18)16-11-14(22)7-8-17(16)24-20/h2-11,24H,12H2,1H3,(H,23,25). The van der Waals surface area contributed by atoms with E-state index in [1.54, 1.807) is 18.4 Å². The smallest absolute Gasteiger partial charge is 0.268 e. The maximum absolute atomic E-state index is 12.9. The van der Waals surface area contributed by atoms with Crippen molar-refractivity contribution in [2.45, 2.75) is 6.54 Å². The van der Waals surface area contributed by atoms with Gasteiger partial charge in [-0.1, -0.05) is 29.8 Å². The summed E-state index contributed by atoms with van der Waals surface area (Å²) in [5, 5.41) is 6.57. The topological polar surface area (TPSA) is 54.1 Å². The number of rotatable bonds is 5. The number of fused-ring (bicyclic) bond motifs is 1. The van der Waals surface area contributed by atoms with Crippen LogP contribution in [-0.2, 0) is 6.54 Å². The summed E-state index contributed by atoms with van der Waals surface area (Å²) in [5.74, 6) is 0.606. The van der Waals surface area contributed by atoms with E-state index in [4.69, 9.17) is 16.3 Å². The Morgan fingerprint density at radius 1 is 1.19 bits per heavy atom. The van der Waals surface area contributed by atoms with E-state index in [0.717, 1.165) is 32.7 Å². The minimum atomic E-state index is -0.159. The molecule has 4 aromatic rings. The summed E-state index contributed by atoms with van der Waals surface area (Å²) in [4.78, 5) is 17.2. The van der Waals surface area contributed by atoms with Gasteiger partial charge in [0, 0.05) is 32.9 Å². The second kappa shape index (κ2) is 7.47. The van der Waals surface area contributed by atoms with Crippen LogP contribution in [0, 0.1) is 0 Å². The number of aromatic nitrogens is 1. The van der Waals surface area contributed by atoms with Gasteiger partial charge in [0.15, 0.2) is 0 Å². The van der Waals surface area contributed by atoms with Crippen molar-refractivity contribution in [2.24, 2.45) is 0 Å². The van der Waals surface area contributed by atoms with E-state index in [-0.39, 0.29) is 5.91 Å². The number of hydrogen-bond donors (Lipinski definition) is 2. The van der Waals surface area contributed by atoms with Crippen LogP contribution in [0.3, 0.4) is 0 Å². The second-order valence-corrected chi connectivity index (χ2v) is 7.46. The molecule has 27 heavy (non-hydrogen) atoms. The van der Waals surface area contributed by atoms with Crippen LogP contribution in [0.1, 0.15) is 16.1 Å². The van der Waals surface area contributed by atoms with Crippen LogP contribution in [0.5, 0.6) is 5.75 Å². The number of carbonyl (C=O) groups is 1. The minimum absolute atomic E-state index is 0.159. The van der Waals surface area contributed by atoms with Gasteiger partial charge in [-0.3, -0.25) is 4.79 Å². The zero-order valence-electron chi connectivity index (χ0n) is 14.6. The molecule has 0 fully saturated rings. The maximum atomic E-state index is 12.9. The van der Waals surface area contributed by atoms with E-state index in [0.29, 0.717) is 17.3 Å². The van der Waals surface area contributed by atoms with E-state index in [1.807, 2.05) is 60.0 Å². The van der Waals surface area contributed by atoms with Gasteiger partial charge in [-0.15, -0.1) is 11.3 Å². The first-order chi connectivity index (χ1) is 13.2. The number of halogens is 1. The second-order valence-electron chi connectivity index (χ2n) is 6.08. The third-order valence-electron chi connectivity index (χ3n) is 4.34. The molecule has 4 rings (SSSR count). The lowest BCUT2D eigenvalue weighted by Gasteiger charge is -2.07. The van der Waals surface area contributed by atoms with Crippen LogP contribution in [0.2, 0.25) is 5.02 Å². The number of hydrogen-bond acceptors (Lipinski definition) is 3. The summed E-state index contributed by atoms with van der Waals surface area (Å²) in [6, 6.07) is 17.2. The molecule has 2 aromatic heterocycles. The van der Waals surface area contributed by atoms with Crippen molar-refractivity contribution in [2.75, 3.05) is 7.11 Å². The average Bonchev–Trinajstić information content (AvgIpc) is 3.33. The predicted octanol–water partition coefficient (Wildman–Crippen LogP) is 5.49. The lowest BCUT2D eigenvalue weighted by molar-refractivity contribution is 0.0947. The number of amides is 1. The molecule has 0 unspecified atom stereocenters. The fourth-order valence-electron chi connectivity index (χ4n) is 3.06. The first-order valence-corrected chi connectivity index (χ1v) is 9.67. The Kier molecular flexibility index (Phi) is 4.88. The molecule has 0 aliphatic carbocycles. The molecule has 2 N–H and O–H groups in total. The molecule has 0 aliphatic rings. The van der Waals surface area contributed by atoms with Gasteiger partial charge in [0.25, 0.3) is 5.91 Å². The molecule has 136 valence electrons. The summed E-state index contributed by atoms with van der Waals surface area (Å²) < 4.78 is 5.24. The number of methoxy groups -OCH3 is 1. The molecule has 0 radical (unpaired) electrons. The normalized spacial score (nSPS) is 10.9. The van der Waals surface area contributed by atoms with Crippen molar-refractivity contribution in [3.63, 3.8) is 0 Å². The number of aromatic amines is 1. The Morgan fingerprint density at radius 2 is 2.07 bits per heavy atom. The van der Waals surface area contributed by atoms with Crippen molar-refractivity contribution in [1.82, 2.24) is 10.3 Å². The first-order valence-electron chi connectivity index (χ1n) is 8.42. The number of thiophene rings is 1. The molecule has 2 heterocycles. The largest absolute Gasteiger partial charge is 0.497 e. The Hall–Kier alpha value is -2.76. The highest BCUT2D eigenvalue weighted by atomic mass is 35.5. The number of benzene rings is 2. The van der Waals surface area contributed by atoms with E-state index < -0.39 is 0 Å². The van der Waals surface area contributed by atoms with Gasteiger partial charge in [0.2, 0.25) is 0 Å². The first kappa shape index (κ1) is 17.6. The molecule has 0 bridgehead atoms. The van der Waals surface area contributed by atoms with Crippen LogP contribution in [0.15, 0.2) is 60.0 Å². The van der Waals surface area contributed by atoms with Gasteiger partial charge in [-0.2, -0.15) is 0 Å². The molecule has 0 atom stereocenters. The van der Waals surface area contributed by atoms with Crippen molar-refractivity contribution >= 4 is 39.7 Å². The van der Waals surface area contributed by atoms with E-state index in [9.17, 15) is 4.79 Å². The van der Waals surface area contributed by atoms with Crippen LogP contribution in [0.4, 0.5) is 0 Å². The zero-order valence-corrected chi connectivity index (χ0v) is 16.2. The van der Waals surface area contributed by atoms with Crippen LogP contribution in [-0.4, -0.2) is 18.0 Å². The fraction of sp³-hybridized carbons (Fsp3) is 0.0952. The van der Waals surface area contributed by atoms with Gasteiger partial charge in [0.05, 0.1) is 7.11 Å². The van der Waals surface area contributed by atoms with Crippen LogP contribution < -0.4 is 10.1 Å². The van der Waals surface area contributed by atoms with Gasteiger partial charge in [-0.25, -0.2) is 0 Å². The summed E-state index contributed by atoms with van der Waals surface area (Å²) in [6.45, 7) is 0.413. The van der Waals surface area contributed by atoms with E-state index in [1.165, 1.54) is 0 Å².